The predicted molar refractivity (Wildman–Crippen MR) is 109 cm³/mol. The van der Waals surface area contributed by atoms with E-state index in [4.69, 9.17) is 12.9 Å². The molecule has 0 spiro atoms. The van der Waals surface area contributed by atoms with Crippen molar-refractivity contribution in [2.24, 2.45) is 0 Å². The summed E-state index contributed by atoms with van der Waals surface area (Å²) < 4.78 is 19.5. The molecule has 0 fully saturated rings. The maximum atomic E-state index is 6.54. The van der Waals surface area contributed by atoms with Gasteiger partial charge in [-0.1, -0.05) is 30.3 Å². The summed E-state index contributed by atoms with van der Waals surface area (Å²) in [7, 11) is -6.29. The molecule has 0 aromatic heterocycles. The quantitative estimate of drug-likeness (QED) is 0.373. The Morgan fingerprint density at radius 1 is 0.696 bits per heavy atom. The van der Waals surface area contributed by atoms with E-state index in [0.717, 1.165) is 5.56 Å². The van der Waals surface area contributed by atoms with Crippen molar-refractivity contribution in [3.63, 3.8) is 0 Å². The average Bonchev–Trinajstić information content (AvgIpc) is 2.31. The van der Waals surface area contributed by atoms with Gasteiger partial charge in [0.25, 0.3) is 0 Å². The monoisotopic (exact) mass is 388 g/mol. The molecule has 0 aliphatic heterocycles. The van der Waals surface area contributed by atoms with E-state index in [-0.39, 0.29) is 5.85 Å². The highest BCUT2D eigenvalue weighted by molar-refractivity contribution is 7.51. The maximum Gasteiger partial charge on any atom is 0.191 e. The van der Waals surface area contributed by atoms with Gasteiger partial charge in [0.2, 0.25) is 0 Å². The lowest BCUT2D eigenvalue weighted by atomic mass is 10.2. The molecule has 0 saturated heterocycles. The molecule has 0 bridgehead atoms. The zero-order chi connectivity index (χ0) is 17.9. The molecule has 1 aromatic rings. The SMILES string of the molecule is C[Si](C)(C)OC(c1ccccc1)P(O[Si](C)(C)C)O[Si](C)(C)C. The third-order valence-electron chi connectivity index (χ3n) is 2.47. The van der Waals surface area contributed by atoms with Gasteiger partial charge in [-0.25, -0.2) is 0 Å². The van der Waals surface area contributed by atoms with Gasteiger partial charge < -0.3 is 12.9 Å². The Kier molecular flexibility index (Phi) is 7.42. The minimum absolute atomic E-state index is 0.101. The van der Waals surface area contributed by atoms with Crippen molar-refractivity contribution in [2.45, 2.75) is 64.8 Å². The molecule has 0 aliphatic carbocycles. The normalized spacial score (nSPS) is 15.0. The largest absolute Gasteiger partial charge is 0.403 e. The fraction of sp³-hybridized carbons (Fsp3) is 0.625. The van der Waals surface area contributed by atoms with E-state index in [9.17, 15) is 0 Å². The van der Waals surface area contributed by atoms with E-state index in [2.05, 4.69) is 83.2 Å². The van der Waals surface area contributed by atoms with E-state index in [0.29, 0.717) is 0 Å². The van der Waals surface area contributed by atoms with Crippen molar-refractivity contribution < 1.29 is 12.9 Å². The minimum atomic E-state index is -1.73. The first kappa shape index (κ1) is 21.2. The number of benzene rings is 1. The molecule has 1 aromatic carbocycles. The summed E-state index contributed by atoms with van der Waals surface area (Å²) in [5, 5.41) is 0. The molecule has 0 heterocycles. The number of hydrogen-bond donors (Lipinski definition) is 0. The summed E-state index contributed by atoms with van der Waals surface area (Å²) in [4.78, 5) is 0. The molecule has 0 N–H and O–H groups in total. The Hall–Kier alpha value is 0.181. The van der Waals surface area contributed by atoms with E-state index in [1.165, 1.54) is 0 Å². The van der Waals surface area contributed by atoms with Crippen molar-refractivity contribution in [1.29, 1.82) is 0 Å². The van der Waals surface area contributed by atoms with Gasteiger partial charge in [0.05, 0.1) is 0 Å². The molecule has 0 amide bonds. The lowest BCUT2D eigenvalue weighted by Gasteiger charge is -2.38. The number of hydrogen-bond acceptors (Lipinski definition) is 3. The second-order valence-corrected chi connectivity index (χ2v) is 24.1. The van der Waals surface area contributed by atoms with Crippen LogP contribution in [0.4, 0.5) is 0 Å². The van der Waals surface area contributed by atoms with E-state index in [1.807, 2.05) is 6.07 Å². The fourth-order valence-corrected chi connectivity index (χ4v) is 9.92. The molecule has 23 heavy (non-hydrogen) atoms. The predicted octanol–water partition coefficient (Wildman–Crippen LogP) is 6.55. The average molecular weight is 389 g/mol. The molecule has 132 valence electrons. The highest BCUT2D eigenvalue weighted by Gasteiger charge is 2.37. The van der Waals surface area contributed by atoms with Crippen LogP contribution in [0.15, 0.2) is 30.3 Å². The molecule has 3 nitrogen and oxygen atoms in total. The summed E-state index contributed by atoms with van der Waals surface area (Å²) >= 11 is 0. The second kappa shape index (κ2) is 8.04. The Morgan fingerprint density at radius 2 is 1.13 bits per heavy atom. The Balaban J connectivity index is 3.19. The molecule has 0 radical (unpaired) electrons. The van der Waals surface area contributed by atoms with Crippen molar-refractivity contribution in [1.82, 2.24) is 0 Å². The van der Waals surface area contributed by atoms with Gasteiger partial charge in [-0.15, -0.1) is 0 Å². The molecule has 7 heteroatoms. The van der Waals surface area contributed by atoms with Crippen molar-refractivity contribution in [3.8, 4) is 0 Å². The van der Waals surface area contributed by atoms with Gasteiger partial charge >= 0.3 is 0 Å². The maximum absolute atomic E-state index is 6.54. The topological polar surface area (TPSA) is 27.7 Å². The standard InChI is InChI=1S/C16H33O3PSi3/c1-21(2,3)17-16(15-13-11-10-12-14-15)20(18-22(4,5)6)19-23(7,8)9/h10-14,16H,1-9H3. The lowest BCUT2D eigenvalue weighted by molar-refractivity contribution is 0.253. The fourth-order valence-electron chi connectivity index (χ4n) is 1.84. The van der Waals surface area contributed by atoms with Crippen molar-refractivity contribution in [3.05, 3.63) is 35.9 Å². The Labute approximate surface area is 147 Å². The first-order valence-corrected chi connectivity index (χ1v) is 19.6. The number of rotatable bonds is 8. The zero-order valence-electron chi connectivity index (χ0n) is 16.1. The van der Waals surface area contributed by atoms with Gasteiger partial charge in [0.15, 0.2) is 33.3 Å². The summed E-state index contributed by atoms with van der Waals surface area (Å²) in [5.41, 5.74) is 1.16. The van der Waals surface area contributed by atoms with E-state index >= 15 is 0 Å². The third kappa shape index (κ3) is 9.29. The van der Waals surface area contributed by atoms with Crippen LogP contribution in [0.25, 0.3) is 0 Å². The Bertz CT molecular complexity index is 462. The van der Waals surface area contributed by atoms with Crippen LogP contribution in [0, 0.1) is 0 Å². The first-order chi connectivity index (χ1) is 10.3. The third-order valence-corrected chi connectivity index (χ3v) is 10.2. The first-order valence-electron chi connectivity index (χ1n) is 8.17. The summed E-state index contributed by atoms with van der Waals surface area (Å²) in [5.74, 6) is -0.101. The van der Waals surface area contributed by atoms with Gasteiger partial charge in [0.1, 0.15) is 5.85 Å². The molecular weight excluding hydrogens is 355 g/mol. The van der Waals surface area contributed by atoms with Crippen LogP contribution < -0.4 is 0 Å². The Morgan fingerprint density at radius 3 is 1.48 bits per heavy atom. The smallest absolute Gasteiger partial charge is 0.191 e. The van der Waals surface area contributed by atoms with Gasteiger partial charge in [0, 0.05) is 0 Å². The van der Waals surface area contributed by atoms with Gasteiger partial charge in [-0.3, -0.25) is 0 Å². The molecular formula is C16H33O3PSi3. The van der Waals surface area contributed by atoms with E-state index in [1.54, 1.807) is 0 Å². The summed E-state index contributed by atoms with van der Waals surface area (Å²) in [6.07, 6.45) is 0. The minimum Gasteiger partial charge on any atom is -0.403 e. The highest BCUT2D eigenvalue weighted by Crippen LogP contribution is 2.57. The van der Waals surface area contributed by atoms with Crippen LogP contribution in [0.5, 0.6) is 0 Å². The molecule has 1 rings (SSSR count). The molecule has 1 unspecified atom stereocenters. The van der Waals surface area contributed by atoms with E-state index < -0.39 is 33.3 Å². The van der Waals surface area contributed by atoms with Gasteiger partial charge in [-0.2, -0.15) is 0 Å². The van der Waals surface area contributed by atoms with Crippen molar-refractivity contribution >= 4 is 33.3 Å². The highest BCUT2D eigenvalue weighted by atomic mass is 31.2. The van der Waals surface area contributed by atoms with Crippen LogP contribution in [0.2, 0.25) is 58.9 Å². The van der Waals surface area contributed by atoms with Crippen LogP contribution in [0.1, 0.15) is 11.4 Å². The second-order valence-electron chi connectivity index (χ2n) is 8.69. The zero-order valence-corrected chi connectivity index (χ0v) is 20.0. The summed E-state index contributed by atoms with van der Waals surface area (Å²) in [6.45, 7) is 20.0. The van der Waals surface area contributed by atoms with Crippen molar-refractivity contribution in [2.75, 3.05) is 0 Å². The molecule has 1 atom stereocenters. The van der Waals surface area contributed by atoms with Crippen LogP contribution in [-0.2, 0) is 12.9 Å². The molecule has 0 aliphatic rings. The van der Waals surface area contributed by atoms with Crippen LogP contribution in [0.3, 0.4) is 0 Å². The van der Waals surface area contributed by atoms with Crippen LogP contribution >= 0.6 is 8.38 Å². The lowest BCUT2D eigenvalue weighted by Crippen LogP contribution is -2.33. The summed E-state index contributed by atoms with van der Waals surface area (Å²) in [6, 6.07) is 10.4. The van der Waals surface area contributed by atoms with Gasteiger partial charge in [-0.05, 0) is 64.5 Å². The van der Waals surface area contributed by atoms with Crippen LogP contribution in [-0.4, -0.2) is 25.0 Å². The molecule has 0 saturated carbocycles.